The summed E-state index contributed by atoms with van der Waals surface area (Å²) in [5.74, 6) is 0.840. The summed E-state index contributed by atoms with van der Waals surface area (Å²) in [6.45, 7) is 9.03. The van der Waals surface area contributed by atoms with Crippen LogP contribution in [0.2, 0.25) is 0 Å². The van der Waals surface area contributed by atoms with E-state index in [-0.39, 0.29) is 12.0 Å². The van der Waals surface area contributed by atoms with Gasteiger partial charge < -0.3 is 5.11 Å². The molecule has 1 aliphatic rings. The molecule has 2 N–H and O–H groups in total. The van der Waals surface area contributed by atoms with E-state index in [2.05, 4.69) is 59.3 Å². The fraction of sp³-hybridized carbons (Fsp3) is 0.526. The summed E-state index contributed by atoms with van der Waals surface area (Å²) in [5.41, 5.74) is 4.82. The number of likely N-dealkylation sites (tertiary alicyclic amines) is 1. The van der Waals surface area contributed by atoms with E-state index < -0.39 is 0 Å². The molecule has 4 heteroatoms. The van der Waals surface area contributed by atoms with Crippen molar-refractivity contribution in [1.29, 1.82) is 0 Å². The first kappa shape index (κ1) is 16.2. The number of aromatic amines is 1. The maximum Gasteiger partial charge on any atom is 0.0711 e. The average Bonchev–Trinajstić information content (AvgIpc) is 3.06. The largest absolute Gasteiger partial charge is 0.391 e. The molecular formula is C19H27N3O. The normalized spacial score (nSPS) is 22.1. The predicted octanol–water partition coefficient (Wildman–Crippen LogP) is 2.88. The van der Waals surface area contributed by atoms with E-state index in [9.17, 15) is 5.11 Å². The van der Waals surface area contributed by atoms with E-state index in [4.69, 9.17) is 0 Å². The lowest BCUT2D eigenvalue weighted by atomic mass is 10.00. The van der Waals surface area contributed by atoms with Crippen LogP contribution < -0.4 is 0 Å². The molecule has 2 atom stereocenters. The molecule has 0 bridgehead atoms. The van der Waals surface area contributed by atoms with Crippen molar-refractivity contribution < 1.29 is 5.11 Å². The first-order chi connectivity index (χ1) is 11.0. The third-order valence-corrected chi connectivity index (χ3v) is 4.76. The number of aliphatic hydroxyl groups excluding tert-OH is 1. The smallest absolute Gasteiger partial charge is 0.0711 e. The Morgan fingerprint density at radius 3 is 2.61 bits per heavy atom. The van der Waals surface area contributed by atoms with Crippen LogP contribution in [0.5, 0.6) is 0 Å². The summed E-state index contributed by atoms with van der Waals surface area (Å²) in [5, 5.41) is 17.6. The zero-order valence-corrected chi connectivity index (χ0v) is 14.3. The van der Waals surface area contributed by atoms with Gasteiger partial charge in [-0.1, -0.05) is 38.1 Å². The summed E-state index contributed by atoms with van der Waals surface area (Å²) in [7, 11) is 0. The van der Waals surface area contributed by atoms with Crippen LogP contribution in [0.15, 0.2) is 30.3 Å². The van der Waals surface area contributed by atoms with Crippen molar-refractivity contribution in [2.45, 2.75) is 45.8 Å². The lowest BCUT2D eigenvalue weighted by molar-refractivity contribution is 0.140. The van der Waals surface area contributed by atoms with Crippen LogP contribution in [-0.2, 0) is 13.0 Å². The minimum absolute atomic E-state index is 0.262. The van der Waals surface area contributed by atoms with E-state index in [1.54, 1.807) is 0 Å². The Bertz CT molecular complexity index is 632. The zero-order valence-electron chi connectivity index (χ0n) is 14.3. The molecule has 3 rings (SSSR count). The molecule has 1 saturated heterocycles. The highest BCUT2D eigenvalue weighted by Gasteiger charge is 2.31. The first-order valence-electron chi connectivity index (χ1n) is 8.51. The molecule has 0 amide bonds. The Morgan fingerprint density at radius 1 is 1.26 bits per heavy atom. The monoisotopic (exact) mass is 313 g/mol. The zero-order chi connectivity index (χ0) is 16.4. The first-order valence-corrected chi connectivity index (χ1v) is 8.51. The van der Waals surface area contributed by atoms with Gasteiger partial charge in [-0.05, 0) is 36.5 Å². The van der Waals surface area contributed by atoms with Gasteiger partial charge in [-0.2, -0.15) is 5.10 Å². The standard InChI is InChI=1S/C19H27N3O/c1-13(2)16-6-4-15(5-7-16)10-22-11-17(19(23)12-22)9-18-8-14(3)20-21-18/h4-8,13,17,19,23H,9-12H2,1-3H3,(H,20,21)/t17-,19+/m1/s1. The highest BCUT2D eigenvalue weighted by Crippen LogP contribution is 2.23. The lowest BCUT2D eigenvalue weighted by Crippen LogP contribution is -2.21. The fourth-order valence-corrected chi connectivity index (χ4v) is 3.38. The van der Waals surface area contributed by atoms with Crippen LogP contribution in [0, 0.1) is 12.8 Å². The third-order valence-electron chi connectivity index (χ3n) is 4.76. The minimum Gasteiger partial charge on any atom is -0.391 e. The molecule has 23 heavy (non-hydrogen) atoms. The summed E-state index contributed by atoms with van der Waals surface area (Å²) < 4.78 is 0. The summed E-state index contributed by atoms with van der Waals surface area (Å²) in [4.78, 5) is 2.35. The number of H-pyrrole nitrogens is 1. The second-order valence-corrected chi connectivity index (χ2v) is 7.16. The van der Waals surface area contributed by atoms with Gasteiger partial charge in [0.1, 0.15) is 0 Å². The molecule has 0 unspecified atom stereocenters. The summed E-state index contributed by atoms with van der Waals surface area (Å²) >= 11 is 0. The number of nitrogens with one attached hydrogen (secondary N) is 1. The number of hydrogen-bond donors (Lipinski definition) is 2. The molecule has 0 radical (unpaired) electrons. The van der Waals surface area contributed by atoms with Crippen LogP contribution in [0.4, 0.5) is 0 Å². The van der Waals surface area contributed by atoms with Gasteiger partial charge in [0.15, 0.2) is 0 Å². The van der Waals surface area contributed by atoms with Crippen molar-refractivity contribution in [2.75, 3.05) is 13.1 Å². The lowest BCUT2D eigenvalue weighted by Gasteiger charge is -2.16. The van der Waals surface area contributed by atoms with Gasteiger partial charge in [0.05, 0.1) is 11.8 Å². The quantitative estimate of drug-likeness (QED) is 0.892. The molecule has 1 aromatic heterocycles. The Balaban J connectivity index is 1.57. The van der Waals surface area contributed by atoms with E-state index >= 15 is 0 Å². The number of benzene rings is 1. The van der Waals surface area contributed by atoms with Gasteiger partial charge in [0.25, 0.3) is 0 Å². The van der Waals surface area contributed by atoms with Gasteiger partial charge in [-0.15, -0.1) is 0 Å². The molecule has 1 aromatic carbocycles. The molecule has 0 saturated carbocycles. The van der Waals surface area contributed by atoms with Crippen molar-refractivity contribution in [3.63, 3.8) is 0 Å². The molecule has 0 aliphatic carbocycles. The third kappa shape index (κ3) is 4.01. The number of aromatic nitrogens is 2. The van der Waals surface area contributed by atoms with Gasteiger partial charge in [0, 0.05) is 31.2 Å². The SMILES string of the molecule is Cc1cc(C[C@@H]2CN(Cc3ccc(C(C)C)cc3)C[C@@H]2O)n[nH]1. The molecule has 1 fully saturated rings. The number of nitrogens with zero attached hydrogens (tertiary/aromatic N) is 2. The Labute approximate surface area is 138 Å². The van der Waals surface area contributed by atoms with Crippen molar-refractivity contribution in [3.8, 4) is 0 Å². The van der Waals surface area contributed by atoms with E-state index in [1.807, 2.05) is 6.92 Å². The van der Waals surface area contributed by atoms with Crippen molar-refractivity contribution >= 4 is 0 Å². The Morgan fingerprint density at radius 2 is 2.00 bits per heavy atom. The van der Waals surface area contributed by atoms with Crippen LogP contribution in [0.3, 0.4) is 0 Å². The highest BCUT2D eigenvalue weighted by atomic mass is 16.3. The minimum atomic E-state index is -0.262. The molecule has 0 spiro atoms. The van der Waals surface area contributed by atoms with Crippen LogP contribution >= 0.6 is 0 Å². The van der Waals surface area contributed by atoms with Gasteiger partial charge >= 0.3 is 0 Å². The Hall–Kier alpha value is -1.65. The number of aryl methyl sites for hydroxylation is 1. The molecular weight excluding hydrogens is 286 g/mol. The Kier molecular flexibility index (Phi) is 4.83. The maximum absolute atomic E-state index is 10.3. The van der Waals surface area contributed by atoms with E-state index in [0.717, 1.165) is 37.4 Å². The second-order valence-electron chi connectivity index (χ2n) is 7.16. The second kappa shape index (κ2) is 6.85. The van der Waals surface area contributed by atoms with Crippen molar-refractivity contribution in [2.24, 2.45) is 5.92 Å². The van der Waals surface area contributed by atoms with Crippen molar-refractivity contribution in [1.82, 2.24) is 15.1 Å². The van der Waals surface area contributed by atoms with Gasteiger partial charge in [-0.3, -0.25) is 10.00 Å². The number of aliphatic hydroxyl groups is 1. The predicted molar refractivity (Wildman–Crippen MR) is 92.3 cm³/mol. The summed E-state index contributed by atoms with van der Waals surface area (Å²) in [6, 6.07) is 10.9. The molecule has 2 aromatic rings. The number of β-amino-alcohol motifs (C(OH)–C–C–N with tert-alkyl or cyclic N) is 1. The maximum atomic E-state index is 10.3. The number of rotatable bonds is 5. The molecule has 2 heterocycles. The molecule has 1 aliphatic heterocycles. The van der Waals surface area contributed by atoms with E-state index in [0.29, 0.717) is 5.92 Å². The average molecular weight is 313 g/mol. The van der Waals surface area contributed by atoms with Gasteiger partial charge in [-0.25, -0.2) is 0 Å². The topological polar surface area (TPSA) is 52.1 Å². The molecule has 4 nitrogen and oxygen atoms in total. The van der Waals surface area contributed by atoms with Crippen LogP contribution in [-0.4, -0.2) is 39.4 Å². The van der Waals surface area contributed by atoms with E-state index in [1.165, 1.54) is 11.1 Å². The molecule has 124 valence electrons. The summed E-state index contributed by atoms with van der Waals surface area (Å²) in [6.07, 6.45) is 0.579. The fourth-order valence-electron chi connectivity index (χ4n) is 3.38. The van der Waals surface area contributed by atoms with Crippen LogP contribution in [0.25, 0.3) is 0 Å². The van der Waals surface area contributed by atoms with Gasteiger partial charge in [0.2, 0.25) is 0 Å². The number of hydrogen-bond acceptors (Lipinski definition) is 3. The highest BCUT2D eigenvalue weighted by molar-refractivity contribution is 5.24. The van der Waals surface area contributed by atoms with Crippen LogP contribution in [0.1, 0.15) is 42.3 Å². The van der Waals surface area contributed by atoms with Crippen molar-refractivity contribution in [3.05, 3.63) is 52.8 Å².